The molecule has 0 aliphatic rings. The lowest BCUT2D eigenvalue weighted by Crippen LogP contribution is -2.28. The standard InChI is InChI=1S/C22H16F3N5O4/c1-2-34-16(31)10-29-18-17(19(26)32)27-20(14-9-12(24)5-8-15(14)25)28-21(18)30(22(29)33)13-6-3-11(23)4-7-13/h3-9H,2,10H2,1H3,(H2,26,32). The van der Waals surface area contributed by atoms with E-state index >= 15 is 0 Å². The number of primary amides is 1. The zero-order valence-corrected chi connectivity index (χ0v) is 17.6. The van der Waals surface area contributed by atoms with Crippen molar-refractivity contribution in [3.05, 3.63) is 76.1 Å². The Bertz CT molecular complexity index is 1500. The molecule has 0 unspecified atom stereocenters. The SMILES string of the molecule is CCOC(=O)Cn1c(=O)n(-c2ccc(F)cc2)c2nc(-c3cc(F)ccc3F)nc(C(N)=O)c21. The number of benzene rings is 2. The van der Waals surface area contributed by atoms with Crippen molar-refractivity contribution < 1.29 is 27.5 Å². The van der Waals surface area contributed by atoms with E-state index in [0.717, 1.165) is 39.5 Å². The van der Waals surface area contributed by atoms with E-state index in [-0.39, 0.29) is 29.0 Å². The number of halogens is 3. The van der Waals surface area contributed by atoms with Gasteiger partial charge in [0.05, 0.1) is 17.9 Å². The van der Waals surface area contributed by atoms with Gasteiger partial charge < -0.3 is 10.5 Å². The molecule has 4 rings (SSSR count). The van der Waals surface area contributed by atoms with Gasteiger partial charge in [0.1, 0.15) is 29.5 Å². The number of nitrogens with two attached hydrogens (primary N) is 1. The van der Waals surface area contributed by atoms with Gasteiger partial charge in [-0.25, -0.2) is 32.5 Å². The highest BCUT2D eigenvalue weighted by atomic mass is 19.1. The summed E-state index contributed by atoms with van der Waals surface area (Å²) < 4.78 is 48.5. The molecular weight excluding hydrogens is 455 g/mol. The fourth-order valence-electron chi connectivity index (χ4n) is 3.42. The minimum atomic E-state index is -1.11. The summed E-state index contributed by atoms with van der Waals surface area (Å²) in [4.78, 5) is 45.9. The topological polar surface area (TPSA) is 122 Å². The molecule has 0 fully saturated rings. The molecule has 0 saturated heterocycles. The minimum absolute atomic E-state index is 0.0341. The molecule has 2 aromatic carbocycles. The highest BCUT2D eigenvalue weighted by Gasteiger charge is 2.26. The third kappa shape index (κ3) is 4.00. The lowest BCUT2D eigenvalue weighted by Gasteiger charge is -2.08. The van der Waals surface area contributed by atoms with E-state index in [0.29, 0.717) is 0 Å². The van der Waals surface area contributed by atoms with E-state index < -0.39 is 53.1 Å². The monoisotopic (exact) mass is 471 g/mol. The molecule has 0 aliphatic heterocycles. The second-order valence-electron chi connectivity index (χ2n) is 7.04. The number of ether oxygens (including phenoxy) is 1. The Hall–Kier alpha value is -4.48. The number of imidazole rings is 1. The fourth-order valence-corrected chi connectivity index (χ4v) is 3.42. The Kier molecular flexibility index (Phi) is 5.88. The maximum atomic E-state index is 14.5. The number of amides is 1. The molecule has 34 heavy (non-hydrogen) atoms. The smallest absolute Gasteiger partial charge is 0.335 e. The van der Waals surface area contributed by atoms with Gasteiger partial charge in [-0.05, 0) is 49.4 Å². The summed E-state index contributed by atoms with van der Waals surface area (Å²) in [6.07, 6.45) is 0. The highest BCUT2D eigenvalue weighted by molar-refractivity contribution is 6.02. The van der Waals surface area contributed by atoms with E-state index in [1.54, 1.807) is 6.92 Å². The van der Waals surface area contributed by atoms with Gasteiger partial charge >= 0.3 is 11.7 Å². The van der Waals surface area contributed by atoms with Crippen molar-refractivity contribution in [2.24, 2.45) is 5.73 Å². The number of carbonyl (C=O) groups is 2. The zero-order chi connectivity index (χ0) is 24.6. The van der Waals surface area contributed by atoms with Gasteiger partial charge in [0.25, 0.3) is 5.91 Å². The quantitative estimate of drug-likeness (QED) is 0.431. The second-order valence-corrected chi connectivity index (χ2v) is 7.04. The van der Waals surface area contributed by atoms with Crippen molar-refractivity contribution in [3.8, 4) is 17.1 Å². The van der Waals surface area contributed by atoms with Gasteiger partial charge in [0, 0.05) is 0 Å². The maximum absolute atomic E-state index is 14.5. The van der Waals surface area contributed by atoms with Gasteiger partial charge in [-0.3, -0.25) is 14.2 Å². The summed E-state index contributed by atoms with van der Waals surface area (Å²) in [6, 6.07) is 7.24. The predicted molar refractivity (Wildman–Crippen MR) is 114 cm³/mol. The van der Waals surface area contributed by atoms with Crippen LogP contribution in [0.15, 0.2) is 47.3 Å². The summed E-state index contributed by atoms with van der Waals surface area (Å²) in [7, 11) is 0. The summed E-state index contributed by atoms with van der Waals surface area (Å²) in [6.45, 7) is 0.987. The molecule has 2 N–H and O–H groups in total. The molecule has 4 aromatic rings. The van der Waals surface area contributed by atoms with E-state index in [1.807, 2.05) is 0 Å². The first kappa shape index (κ1) is 22.7. The lowest BCUT2D eigenvalue weighted by molar-refractivity contribution is -0.143. The number of esters is 1. The van der Waals surface area contributed by atoms with Crippen LogP contribution in [-0.4, -0.2) is 37.6 Å². The van der Waals surface area contributed by atoms with Crippen LogP contribution in [0.5, 0.6) is 0 Å². The molecule has 0 aliphatic carbocycles. The Labute approximate surface area is 189 Å². The van der Waals surface area contributed by atoms with Crippen molar-refractivity contribution >= 4 is 23.0 Å². The van der Waals surface area contributed by atoms with Crippen molar-refractivity contribution in [3.63, 3.8) is 0 Å². The Morgan fingerprint density at radius 1 is 1.03 bits per heavy atom. The largest absolute Gasteiger partial charge is 0.465 e. The number of fused-ring (bicyclic) bond motifs is 1. The molecule has 0 saturated carbocycles. The Morgan fingerprint density at radius 2 is 1.71 bits per heavy atom. The molecule has 0 radical (unpaired) electrons. The number of aromatic nitrogens is 4. The molecule has 0 atom stereocenters. The van der Waals surface area contributed by atoms with Crippen LogP contribution in [0.1, 0.15) is 17.4 Å². The third-order valence-electron chi connectivity index (χ3n) is 4.85. The lowest BCUT2D eigenvalue weighted by atomic mass is 10.2. The Balaban J connectivity index is 2.11. The average Bonchev–Trinajstić information content (AvgIpc) is 3.06. The van der Waals surface area contributed by atoms with Crippen LogP contribution in [0.25, 0.3) is 28.2 Å². The fraction of sp³-hybridized carbons (Fsp3) is 0.136. The van der Waals surface area contributed by atoms with Crippen LogP contribution in [0, 0.1) is 17.5 Å². The summed E-state index contributed by atoms with van der Waals surface area (Å²) in [5, 5.41) is 0. The summed E-state index contributed by atoms with van der Waals surface area (Å²) in [5.74, 6) is -4.60. The predicted octanol–water partition coefficient (Wildman–Crippen LogP) is 2.33. The minimum Gasteiger partial charge on any atom is -0.465 e. The number of carbonyl (C=O) groups excluding carboxylic acids is 2. The Morgan fingerprint density at radius 3 is 2.35 bits per heavy atom. The van der Waals surface area contributed by atoms with Gasteiger partial charge in [-0.2, -0.15) is 0 Å². The summed E-state index contributed by atoms with van der Waals surface area (Å²) >= 11 is 0. The van der Waals surface area contributed by atoms with Crippen LogP contribution in [0.3, 0.4) is 0 Å². The highest BCUT2D eigenvalue weighted by Crippen LogP contribution is 2.26. The van der Waals surface area contributed by atoms with Crippen molar-refractivity contribution in [2.45, 2.75) is 13.5 Å². The first-order chi connectivity index (χ1) is 16.2. The molecule has 1 amide bonds. The van der Waals surface area contributed by atoms with Crippen LogP contribution in [0.4, 0.5) is 13.2 Å². The molecule has 2 heterocycles. The van der Waals surface area contributed by atoms with Crippen LogP contribution < -0.4 is 11.4 Å². The average molecular weight is 471 g/mol. The third-order valence-corrected chi connectivity index (χ3v) is 4.85. The molecule has 9 nitrogen and oxygen atoms in total. The van der Waals surface area contributed by atoms with Gasteiger partial charge in [-0.15, -0.1) is 0 Å². The van der Waals surface area contributed by atoms with Crippen molar-refractivity contribution in [1.29, 1.82) is 0 Å². The molecule has 0 spiro atoms. The number of rotatable bonds is 6. The van der Waals surface area contributed by atoms with Crippen LogP contribution >= 0.6 is 0 Å². The van der Waals surface area contributed by atoms with Crippen LogP contribution in [0.2, 0.25) is 0 Å². The van der Waals surface area contributed by atoms with E-state index in [4.69, 9.17) is 10.5 Å². The van der Waals surface area contributed by atoms with Gasteiger partial charge in [0.15, 0.2) is 17.2 Å². The molecule has 0 bridgehead atoms. The molecular formula is C22H16F3N5O4. The molecule has 12 heteroatoms. The van der Waals surface area contributed by atoms with E-state index in [1.165, 1.54) is 12.1 Å². The van der Waals surface area contributed by atoms with Crippen molar-refractivity contribution in [1.82, 2.24) is 19.1 Å². The van der Waals surface area contributed by atoms with Crippen molar-refractivity contribution in [2.75, 3.05) is 6.61 Å². The van der Waals surface area contributed by atoms with E-state index in [2.05, 4.69) is 9.97 Å². The number of nitrogens with zero attached hydrogens (tertiary/aromatic N) is 4. The second kappa shape index (κ2) is 8.81. The van der Waals surface area contributed by atoms with E-state index in [9.17, 15) is 27.6 Å². The van der Waals surface area contributed by atoms with Gasteiger partial charge in [-0.1, -0.05) is 0 Å². The first-order valence-corrected chi connectivity index (χ1v) is 9.91. The summed E-state index contributed by atoms with van der Waals surface area (Å²) in [5.41, 5.74) is 3.41. The zero-order valence-electron chi connectivity index (χ0n) is 17.6. The van der Waals surface area contributed by atoms with Crippen LogP contribution in [-0.2, 0) is 16.1 Å². The normalized spacial score (nSPS) is 11.1. The molecule has 2 aromatic heterocycles. The maximum Gasteiger partial charge on any atom is 0.335 e. The number of hydrogen-bond acceptors (Lipinski definition) is 6. The van der Waals surface area contributed by atoms with Gasteiger partial charge in [0.2, 0.25) is 0 Å². The molecule has 174 valence electrons. The number of hydrogen-bond donors (Lipinski definition) is 1. The first-order valence-electron chi connectivity index (χ1n) is 9.91.